The Morgan fingerprint density at radius 1 is 1.56 bits per heavy atom. The third kappa shape index (κ3) is 2.82. The fourth-order valence-electron chi connectivity index (χ4n) is 1.69. The van der Waals surface area contributed by atoms with Crippen molar-refractivity contribution in [2.24, 2.45) is 0 Å². The van der Waals surface area contributed by atoms with Crippen LogP contribution < -0.4 is 10.1 Å². The molecule has 16 heavy (non-hydrogen) atoms. The number of hydrogen-bond acceptors (Lipinski definition) is 5. The lowest BCUT2D eigenvalue weighted by molar-refractivity contribution is 0.195. The zero-order valence-electron chi connectivity index (χ0n) is 9.69. The molecular weight excluding hydrogens is 206 g/mol. The SMILES string of the molecule is CCOc1cc(NC2CCOC2)nc(C)n1. The molecule has 0 bridgehead atoms. The molecule has 0 aromatic carbocycles. The molecule has 5 nitrogen and oxygen atoms in total. The first-order chi connectivity index (χ1) is 7.78. The molecule has 0 radical (unpaired) electrons. The van der Waals surface area contributed by atoms with Crippen molar-refractivity contribution >= 4 is 5.82 Å². The van der Waals surface area contributed by atoms with Crippen LogP contribution in [0.1, 0.15) is 19.2 Å². The number of ether oxygens (including phenoxy) is 2. The highest BCUT2D eigenvalue weighted by Crippen LogP contribution is 2.16. The first-order valence-electron chi connectivity index (χ1n) is 5.60. The summed E-state index contributed by atoms with van der Waals surface area (Å²) in [7, 11) is 0. The van der Waals surface area contributed by atoms with Crippen LogP contribution in [0.4, 0.5) is 5.82 Å². The van der Waals surface area contributed by atoms with E-state index in [1.54, 1.807) is 0 Å². The first-order valence-corrected chi connectivity index (χ1v) is 5.60. The van der Waals surface area contributed by atoms with Crippen LogP contribution in [0.5, 0.6) is 5.88 Å². The van der Waals surface area contributed by atoms with Crippen LogP contribution in [-0.4, -0.2) is 35.8 Å². The maximum atomic E-state index is 5.37. The number of nitrogens with one attached hydrogen (secondary N) is 1. The maximum Gasteiger partial charge on any atom is 0.218 e. The molecule has 88 valence electrons. The Morgan fingerprint density at radius 2 is 2.44 bits per heavy atom. The van der Waals surface area contributed by atoms with E-state index < -0.39 is 0 Å². The molecule has 2 rings (SSSR count). The number of hydrogen-bond donors (Lipinski definition) is 1. The van der Waals surface area contributed by atoms with Gasteiger partial charge >= 0.3 is 0 Å². The van der Waals surface area contributed by atoms with Crippen molar-refractivity contribution in [3.8, 4) is 5.88 Å². The van der Waals surface area contributed by atoms with Crippen molar-refractivity contribution < 1.29 is 9.47 Å². The van der Waals surface area contributed by atoms with Crippen LogP contribution in [-0.2, 0) is 4.74 Å². The van der Waals surface area contributed by atoms with E-state index in [9.17, 15) is 0 Å². The predicted molar refractivity (Wildman–Crippen MR) is 60.8 cm³/mol. The van der Waals surface area contributed by atoms with Gasteiger partial charge < -0.3 is 14.8 Å². The van der Waals surface area contributed by atoms with Crippen molar-refractivity contribution in [3.63, 3.8) is 0 Å². The van der Waals surface area contributed by atoms with E-state index in [2.05, 4.69) is 15.3 Å². The molecule has 1 saturated heterocycles. The third-order valence-corrected chi connectivity index (χ3v) is 2.39. The average molecular weight is 223 g/mol. The molecule has 0 saturated carbocycles. The number of nitrogens with zero attached hydrogens (tertiary/aromatic N) is 2. The minimum absolute atomic E-state index is 0.351. The molecule has 0 aliphatic carbocycles. The highest BCUT2D eigenvalue weighted by atomic mass is 16.5. The van der Waals surface area contributed by atoms with E-state index in [4.69, 9.17) is 9.47 Å². The summed E-state index contributed by atoms with van der Waals surface area (Å²) in [6, 6.07) is 2.18. The first kappa shape index (κ1) is 11.1. The number of anilines is 1. The summed E-state index contributed by atoms with van der Waals surface area (Å²) in [5.41, 5.74) is 0. The van der Waals surface area contributed by atoms with Crippen molar-refractivity contribution in [1.29, 1.82) is 0 Å². The molecule has 1 N–H and O–H groups in total. The van der Waals surface area contributed by atoms with Gasteiger partial charge in [-0.3, -0.25) is 0 Å². The Balaban J connectivity index is 2.06. The summed E-state index contributed by atoms with van der Waals surface area (Å²) in [4.78, 5) is 8.52. The molecule has 1 aromatic heterocycles. The molecule has 0 spiro atoms. The van der Waals surface area contributed by atoms with Gasteiger partial charge in [0.2, 0.25) is 5.88 Å². The predicted octanol–water partition coefficient (Wildman–Crippen LogP) is 1.38. The Hall–Kier alpha value is -1.36. The molecule has 1 fully saturated rings. The quantitative estimate of drug-likeness (QED) is 0.835. The minimum atomic E-state index is 0.351. The molecule has 1 aliphatic heterocycles. The van der Waals surface area contributed by atoms with E-state index in [1.165, 1.54) is 0 Å². The van der Waals surface area contributed by atoms with Gasteiger partial charge in [0.05, 0.1) is 19.3 Å². The van der Waals surface area contributed by atoms with Gasteiger partial charge in [0, 0.05) is 12.7 Å². The van der Waals surface area contributed by atoms with Gasteiger partial charge in [-0.05, 0) is 20.3 Å². The largest absolute Gasteiger partial charge is 0.478 e. The maximum absolute atomic E-state index is 5.37. The Morgan fingerprint density at radius 3 is 3.12 bits per heavy atom. The van der Waals surface area contributed by atoms with E-state index in [-0.39, 0.29) is 0 Å². The molecule has 0 amide bonds. The summed E-state index contributed by atoms with van der Waals surface area (Å²) in [6.07, 6.45) is 1.02. The van der Waals surface area contributed by atoms with Gasteiger partial charge in [0.15, 0.2) is 0 Å². The second kappa shape index (κ2) is 5.12. The van der Waals surface area contributed by atoms with E-state index in [1.807, 2.05) is 19.9 Å². The smallest absolute Gasteiger partial charge is 0.218 e. The molecule has 1 unspecified atom stereocenters. The molecular formula is C11H17N3O2. The Bertz CT molecular complexity index is 351. The monoisotopic (exact) mass is 223 g/mol. The molecule has 1 atom stereocenters. The zero-order valence-corrected chi connectivity index (χ0v) is 9.69. The van der Waals surface area contributed by atoms with Crippen LogP contribution in [0, 0.1) is 6.92 Å². The van der Waals surface area contributed by atoms with Crippen molar-refractivity contribution in [3.05, 3.63) is 11.9 Å². The lowest BCUT2D eigenvalue weighted by Crippen LogP contribution is -2.20. The second-order valence-corrected chi connectivity index (χ2v) is 3.78. The number of rotatable bonds is 4. The van der Waals surface area contributed by atoms with Crippen LogP contribution in [0.2, 0.25) is 0 Å². The van der Waals surface area contributed by atoms with Crippen molar-refractivity contribution in [2.75, 3.05) is 25.1 Å². The Kier molecular flexibility index (Phi) is 3.56. The van der Waals surface area contributed by atoms with Crippen LogP contribution in [0.3, 0.4) is 0 Å². The third-order valence-electron chi connectivity index (χ3n) is 2.39. The summed E-state index contributed by atoms with van der Waals surface area (Å²) >= 11 is 0. The number of aryl methyl sites for hydroxylation is 1. The molecule has 1 aromatic rings. The molecule has 2 heterocycles. The molecule has 1 aliphatic rings. The highest BCUT2D eigenvalue weighted by Gasteiger charge is 2.16. The summed E-state index contributed by atoms with van der Waals surface area (Å²) in [6.45, 7) is 5.98. The lowest BCUT2D eigenvalue weighted by Gasteiger charge is -2.12. The van der Waals surface area contributed by atoms with Gasteiger partial charge in [-0.1, -0.05) is 0 Å². The average Bonchev–Trinajstić information content (AvgIpc) is 2.70. The second-order valence-electron chi connectivity index (χ2n) is 3.78. The van der Waals surface area contributed by atoms with E-state index in [0.29, 0.717) is 24.4 Å². The van der Waals surface area contributed by atoms with Crippen LogP contribution in [0.15, 0.2) is 6.07 Å². The Labute approximate surface area is 95.2 Å². The fourth-order valence-corrected chi connectivity index (χ4v) is 1.69. The van der Waals surface area contributed by atoms with Crippen molar-refractivity contribution in [2.45, 2.75) is 26.3 Å². The van der Waals surface area contributed by atoms with Crippen LogP contribution in [0.25, 0.3) is 0 Å². The van der Waals surface area contributed by atoms with Gasteiger partial charge in [-0.15, -0.1) is 0 Å². The van der Waals surface area contributed by atoms with E-state index in [0.717, 1.165) is 25.5 Å². The lowest BCUT2D eigenvalue weighted by atomic mass is 10.2. The molecule has 5 heteroatoms. The van der Waals surface area contributed by atoms with Gasteiger partial charge in [0.1, 0.15) is 11.6 Å². The minimum Gasteiger partial charge on any atom is -0.478 e. The topological polar surface area (TPSA) is 56.3 Å². The van der Waals surface area contributed by atoms with Gasteiger partial charge in [-0.2, -0.15) is 4.98 Å². The van der Waals surface area contributed by atoms with Gasteiger partial charge in [0.25, 0.3) is 0 Å². The summed E-state index contributed by atoms with van der Waals surface area (Å²) in [5, 5.41) is 3.32. The highest BCUT2D eigenvalue weighted by molar-refractivity contribution is 5.39. The normalized spacial score (nSPS) is 19.8. The zero-order chi connectivity index (χ0) is 11.4. The van der Waals surface area contributed by atoms with Gasteiger partial charge in [-0.25, -0.2) is 4.98 Å². The summed E-state index contributed by atoms with van der Waals surface area (Å²) < 4.78 is 10.7. The van der Waals surface area contributed by atoms with E-state index >= 15 is 0 Å². The number of aromatic nitrogens is 2. The van der Waals surface area contributed by atoms with Crippen molar-refractivity contribution in [1.82, 2.24) is 9.97 Å². The standard InChI is InChI=1S/C11H17N3O2/c1-3-16-11-6-10(12-8(2)13-11)14-9-4-5-15-7-9/h6,9H,3-5,7H2,1-2H3,(H,12,13,14). The summed E-state index contributed by atoms with van der Waals surface area (Å²) in [5.74, 6) is 2.15. The van der Waals surface area contributed by atoms with Crippen LogP contribution >= 0.6 is 0 Å². The fraction of sp³-hybridized carbons (Fsp3) is 0.636.